The van der Waals surface area contributed by atoms with Gasteiger partial charge in [0.1, 0.15) is 24.1 Å². The molecule has 3 aromatic carbocycles. The Kier molecular flexibility index (Phi) is 8.14. The molecule has 0 amide bonds. The van der Waals surface area contributed by atoms with Crippen LogP contribution in [-0.2, 0) is 6.54 Å². The number of aromatic nitrogens is 1. The number of hydrogen-bond acceptors (Lipinski definition) is 3. The first kappa shape index (κ1) is 25.5. The number of nitrogens with one attached hydrogen (secondary N) is 1. The lowest BCUT2D eigenvalue weighted by atomic mass is 9.88. The van der Waals surface area contributed by atoms with Crippen LogP contribution in [0.4, 0.5) is 0 Å². The third-order valence-electron chi connectivity index (χ3n) is 6.58. The molecule has 188 valence electrons. The van der Waals surface area contributed by atoms with Crippen molar-refractivity contribution in [2.24, 2.45) is 0 Å². The fraction of sp³-hybridized carbons (Fsp3) is 0.290. The van der Waals surface area contributed by atoms with E-state index in [-0.39, 0.29) is 0 Å². The lowest BCUT2D eigenvalue weighted by Gasteiger charge is -2.17. The zero-order valence-corrected chi connectivity index (χ0v) is 21.9. The minimum Gasteiger partial charge on any atom is -0.497 e. The van der Waals surface area contributed by atoms with Crippen LogP contribution in [-0.4, -0.2) is 50.6 Å². The van der Waals surface area contributed by atoms with Crippen molar-refractivity contribution in [1.82, 2.24) is 4.57 Å². The van der Waals surface area contributed by atoms with E-state index in [4.69, 9.17) is 9.47 Å². The number of likely N-dealkylation sites (N-methyl/N-ethyl adjacent to an activating group) is 1. The average molecular weight is 486 g/mol. The lowest BCUT2D eigenvalue weighted by Crippen LogP contribution is -3.07. The number of aliphatic hydroxyl groups is 1. The summed E-state index contributed by atoms with van der Waals surface area (Å²) < 4.78 is 13.0. The molecule has 5 nitrogen and oxygen atoms in total. The second kappa shape index (κ2) is 11.5. The Labute approximate surface area is 214 Å². The van der Waals surface area contributed by atoms with Crippen LogP contribution < -0.4 is 14.4 Å². The van der Waals surface area contributed by atoms with Crippen LogP contribution in [0.25, 0.3) is 22.0 Å². The summed E-state index contributed by atoms with van der Waals surface area (Å²) in [7, 11) is 7.51. The number of nitrogens with zero attached hydrogens (tertiary/aromatic N) is 1. The molecule has 1 atom stereocenters. The summed E-state index contributed by atoms with van der Waals surface area (Å²) in [5, 5.41) is 11.9. The molecule has 0 unspecified atom stereocenters. The van der Waals surface area contributed by atoms with Gasteiger partial charge in [0.25, 0.3) is 0 Å². The first-order valence-corrected chi connectivity index (χ1v) is 12.5. The Morgan fingerprint density at radius 3 is 1.92 bits per heavy atom. The molecule has 0 radical (unpaired) electrons. The number of quaternary nitrogens is 1. The van der Waals surface area contributed by atoms with E-state index < -0.39 is 6.10 Å². The highest BCUT2D eigenvalue weighted by atomic mass is 16.5. The normalized spacial score (nSPS) is 12.1. The number of ether oxygens (including phenoxy) is 2. The number of para-hydroxylation sites is 1. The Bertz CT molecular complexity index is 1270. The second-order valence-electron chi connectivity index (χ2n) is 9.44. The Morgan fingerprint density at radius 1 is 0.861 bits per heavy atom. The number of aliphatic hydroxyl groups excluding tert-OH is 1. The molecule has 0 aliphatic heterocycles. The van der Waals surface area contributed by atoms with Crippen molar-refractivity contribution in [2.75, 3.05) is 34.9 Å². The molecule has 2 N–H and O–H groups in total. The molecular weight excluding hydrogens is 448 g/mol. The van der Waals surface area contributed by atoms with Gasteiger partial charge in [-0.3, -0.25) is 0 Å². The minimum absolute atomic E-state index is 0.421. The zero-order valence-electron chi connectivity index (χ0n) is 21.9. The van der Waals surface area contributed by atoms with E-state index in [2.05, 4.69) is 80.3 Å². The summed E-state index contributed by atoms with van der Waals surface area (Å²) in [4.78, 5) is 1.23. The molecule has 0 aliphatic carbocycles. The quantitative estimate of drug-likeness (QED) is 0.347. The summed E-state index contributed by atoms with van der Waals surface area (Å²) in [5.74, 6) is 1.67. The number of benzene rings is 3. The largest absolute Gasteiger partial charge is 0.497 e. The molecule has 0 saturated heterocycles. The van der Waals surface area contributed by atoms with Gasteiger partial charge in [0.15, 0.2) is 0 Å². The summed E-state index contributed by atoms with van der Waals surface area (Å²) in [6.07, 6.45) is 2.65. The standard InChI is InChI=1S/C31H36N2O3/c1-6-27(29-21-33(20-24(34)19-32(2)3)30-10-8-7-9-28(29)30)31(22-11-15-25(35-4)16-12-22)23-13-17-26(36-5)18-14-23/h7-18,21,24,34H,6,19-20H2,1-5H3/p+1/t24-/m0/s1. The van der Waals surface area contributed by atoms with Gasteiger partial charge < -0.3 is 24.0 Å². The van der Waals surface area contributed by atoms with Gasteiger partial charge in [-0.05, 0) is 59.0 Å². The van der Waals surface area contributed by atoms with E-state index in [1.807, 2.05) is 24.3 Å². The number of methoxy groups -OCH3 is 2. The van der Waals surface area contributed by atoms with Gasteiger partial charge in [0.05, 0.1) is 34.9 Å². The highest BCUT2D eigenvalue weighted by molar-refractivity contribution is 6.05. The summed E-state index contributed by atoms with van der Waals surface area (Å²) in [5.41, 5.74) is 7.03. The maximum Gasteiger partial charge on any atom is 0.121 e. The molecule has 0 fully saturated rings. The van der Waals surface area contributed by atoms with Gasteiger partial charge >= 0.3 is 0 Å². The third kappa shape index (κ3) is 5.48. The molecular formula is C31H37N2O3+. The summed E-state index contributed by atoms with van der Waals surface area (Å²) >= 11 is 0. The molecule has 0 spiro atoms. The lowest BCUT2D eigenvalue weighted by molar-refractivity contribution is -0.861. The van der Waals surface area contributed by atoms with Crippen molar-refractivity contribution in [2.45, 2.75) is 26.0 Å². The Morgan fingerprint density at radius 2 is 1.42 bits per heavy atom. The van der Waals surface area contributed by atoms with E-state index in [0.29, 0.717) is 13.1 Å². The van der Waals surface area contributed by atoms with Crippen LogP contribution in [0.1, 0.15) is 30.0 Å². The maximum absolute atomic E-state index is 10.7. The van der Waals surface area contributed by atoms with Crippen molar-refractivity contribution in [3.63, 3.8) is 0 Å². The molecule has 1 heterocycles. The smallest absolute Gasteiger partial charge is 0.121 e. The van der Waals surface area contributed by atoms with Crippen molar-refractivity contribution in [1.29, 1.82) is 0 Å². The molecule has 0 saturated carbocycles. The Hall–Kier alpha value is -3.54. The molecule has 5 heteroatoms. The van der Waals surface area contributed by atoms with Crippen molar-refractivity contribution >= 4 is 22.0 Å². The summed E-state index contributed by atoms with van der Waals surface area (Å²) in [6.45, 7) is 3.46. The van der Waals surface area contributed by atoms with Crippen molar-refractivity contribution in [3.05, 3.63) is 95.7 Å². The van der Waals surface area contributed by atoms with E-state index >= 15 is 0 Å². The van der Waals surface area contributed by atoms with Crippen LogP contribution in [0.3, 0.4) is 0 Å². The van der Waals surface area contributed by atoms with E-state index in [1.165, 1.54) is 27.0 Å². The monoisotopic (exact) mass is 485 g/mol. The van der Waals surface area contributed by atoms with Crippen LogP contribution in [0.2, 0.25) is 0 Å². The SMILES string of the molecule is CCC(=C(c1ccc(OC)cc1)c1ccc(OC)cc1)c1cn(C[C@@H](O)C[NH+](C)C)c2ccccc12. The molecule has 4 rings (SSSR count). The van der Waals surface area contributed by atoms with Gasteiger partial charge in [0, 0.05) is 22.7 Å². The fourth-order valence-electron chi connectivity index (χ4n) is 4.93. The number of fused-ring (bicyclic) bond motifs is 1. The predicted molar refractivity (Wildman–Crippen MR) is 148 cm³/mol. The van der Waals surface area contributed by atoms with Crippen LogP contribution in [0.5, 0.6) is 11.5 Å². The first-order valence-electron chi connectivity index (χ1n) is 12.5. The zero-order chi connectivity index (χ0) is 25.7. The molecule has 0 aliphatic rings. The van der Waals surface area contributed by atoms with E-state index in [1.54, 1.807) is 14.2 Å². The number of hydrogen-bond donors (Lipinski definition) is 2. The molecule has 1 aromatic heterocycles. The van der Waals surface area contributed by atoms with Gasteiger partial charge in [0.2, 0.25) is 0 Å². The van der Waals surface area contributed by atoms with Crippen LogP contribution in [0.15, 0.2) is 79.0 Å². The predicted octanol–water partition coefficient (Wildman–Crippen LogP) is 4.53. The average Bonchev–Trinajstić information content (AvgIpc) is 3.24. The molecule has 0 bridgehead atoms. The first-order chi connectivity index (χ1) is 17.4. The van der Waals surface area contributed by atoms with Gasteiger partial charge in [-0.2, -0.15) is 0 Å². The van der Waals surface area contributed by atoms with Crippen LogP contribution in [0, 0.1) is 0 Å². The third-order valence-corrected chi connectivity index (χ3v) is 6.58. The highest BCUT2D eigenvalue weighted by Crippen LogP contribution is 2.39. The number of allylic oxidation sites excluding steroid dienone is 1. The summed E-state index contributed by atoms with van der Waals surface area (Å²) in [6, 6.07) is 25.0. The van der Waals surface area contributed by atoms with E-state index in [9.17, 15) is 5.11 Å². The highest BCUT2D eigenvalue weighted by Gasteiger charge is 2.19. The van der Waals surface area contributed by atoms with Crippen molar-refractivity contribution < 1.29 is 19.5 Å². The fourth-order valence-corrected chi connectivity index (χ4v) is 4.93. The van der Waals surface area contributed by atoms with E-state index in [0.717, 1.165) is 34.6 Å². The second-order valence-corrected chi connectivity index (χ2v) is 9.44. The molecule has 36 heavy (non-hydrogen) atoms. The Balaban J connectivity index is 1.93. The topological polar surface area (TPSA) is 48.1 Å². The van der Waals surface area contributed by atoms with Gasteiger partial charge in [-0.1, -0.05) is 49.4 Å². The van der Waals surface area contributed by atoms with Gasteiger partial charge in [-0.15, -0.1) is 0 Å². The van der Waals surface area contributed by atoms with Crippen LogP contribution >= 0.6 is 0 Å². The molecule has 4 aromatic rings. The minimum atomic E-state index is -0.421. The van der Waals surface area contributed by atoms with Gasteiger partial charge in [-0.25, -0.2) is 0 Å². The maximum atomic E-state index is 10.7. The number of rotatable bonds is 10. The van der Waals surface area contributed by atoms with Crippen molar-refractivity contribution in [3.8, 4) is 11.5 Å².